The van der Waals surface area contributed by atoms with Crippen molar-refractivity contribution in [1.82, 2.24) is 10.6 Å². The Labute approximate surface area is 130 Å². The number of benzene rings is 2. The number of amidine groups is 2. The molecule has 110 valence electrons. The molecule has 0 radical (unpaired) electrons. The maximum absolute atomic E-state index is 4.45. The minimum absolute atomic E-state index is 0.871. The van der Waals surface area contributed by atoms with Gasteiger partial charge in [0.15, 0.2) is 0 Å². The zero-order chi connectivity index (χ0) is 14.8. The molecule has 4 heteroatoms. The molecule has 2 N–H and O–H groups in total. The molecule has 0 amide bonds. The van der Waals surface area contributed by atoms with Gasteiger partial charge in [-0.1, -0.05) is 48.5 Å². The Morgan fingerprint density at radius 2 is 0.909 bits per heavy atom. The third-order valence-electron chi connectivity index (χ3n) is 4.00. The van der Waals surface area contributed by atoms with Crippen LogP contribution in [0.15, 0.2) is 58.5 Å². The van der Waals surface area contributed by atoms with Crippen LogP contribution in [0.1, 0.15) is 11.1 Å². The molecule has 0 atom stereocenters. The van der Waals surface area contributed by atoms with Crippen LogP contribution in [0.25, 0.3) is 11.1 Å². The third-order valence-corrected chi connectivity index (χ3v) is 4.00. The largest absolute Gasteiger partial charge is 0.368 e. The van der Waals surface area contributed by atoms with Crippen molar-refractivity contribution in [1.29, 1.82) is 0 Å². The van der Waals surface area contributed by atoms with Gasteiger partial charge in [-0.3, -0.25) is 9.98 Å². The molecule has 2 aromatic rings. The lowest BCUT2D eigenvalue weighted by molar-refractivity contribution is 0.960. The van der Waals surface area contributed by atoms with Gasteiger partial charge >= 0.3 is 0 Å². The first-order chi connectivity index (χ1) is 10.9. The molecule has 2 aromatic carbocycles. The lowest BCUT2D eigenvalue weighted by Gasteiger charge is -2.07. The maximum Gasteiger partial charge on any atom is 0.128 e. The highest BCUT2D eigenvalue weighted by Gasteiger charge is 2.09. The van der Waals surface area contributed by atoms with Gasteiger partial charge in [-0.25, -0.2) is 0 Å². The van der Waals surface area contributed by atoms with Crippen LogP contribution in [0.5, 0.6) is 0 Å². The monoisotopic (exact) mass is 290 g/mol. The van der Waals surface area contributed by atoms with Crippen molar-refractivity contribution in [3.8, 4) is 11.1 Å². The summed E-state index contributed by atoms with van der Waals surface area (Å²) in [5.74, 6) is 2.01. The zero-order valence-electron chi connectivity index (χ0n) is 12.3. The summed E-state index contributed by atoms with van der Waals surface area (Å²) in [6.07, 6.45) is 0. The molecule has 22 heavy (non-hydrogen) atoms. The summed E-state index contributed by atoms with van der Waals surface area (Å²) in [6.45, 7) is 3.62. The van der Waals surface area contributed by atoms with E-state index < -0.39 is 0 Å². The van der Waals surface area contributed by atoms with Crippen molar-refractivity contribution < 1.29 is 0 Å². The van der Waals surface area contributed by atoms with Crippen LogP contribution in [0.2, 0.25) is 0 Å². The highest BCUT2D eigenvalue weighted by atomic mass is 15.1. The van der Waals surface area contributed by atoms with Crippen molar-refractivity contribution >= 4 is 11.7 Å². The van der Waals surface area contributed by atoms with Crippen LogP contribution in [0.3, 0.4) is 0 Å². The van der Waals surface area contributed by atoms with Crippen LogP contribution < -0.4 is 10.6 Å². The number of nitrogens with zero attached hydrogens (tertiary/aromatic N) is 2. The minimum atomic E-state index is 0.871. The summed E-state index contributed by atoms with van der Waals surface area (Å²) in [5, 5.41) is 6.60. The Balaban J connectivity index is 1.56. The summed E-state index contributed by atoms with van der Waals surface area (Å²) in [4.78, 5) is 8.90. The summed E-state index contributed by atoms with van der Waals surface area (Å²) >= 11 is 0. The molecule has 0 fully saturated rings. The van der Waals surface area contributed by atoms with E-state index in [1.54, 1.807) is 0 Å². The molecule has 4 rings (SSSR count). The first-order valence-corrected chi connectivity index (χ1v) is 7.68. The smallest absolute Gasteiger partial charge is 0.128 e. The molecular weight excluding hydrogens is 272 g/mol. The van der Waals surface area contributed by atoms with Gasteiger partial charge < -0.3 is 10.6 Å². The Hall–Kier alpha value is -2.62. The number of aliphatic imine (C=N–C) groups is 2. The molecule has 2 aliphatic heterocycles. The zero-order valence-corrected chi connectivity index (χ0v) is 12.3. The Bertz CT molecular complexity index is 661. The van der Waals surface area contributed by atoms with Crippen LogP contribution >= 0.6 is 0 Å². The first-order valence-electron chi connectivity index (χ1n) is 7.68. The van der Waals surface area contributed by atoms with Crippen LogP contribution in [0, 0.1) is 0 Å². The van der Waals surface area contributed by atoms with E-state index in [1.807, 2.05) is 0 Å². The molecule has 0 aromatic heterocycles. The number of hydrogen-bond donors (Lipinski definition) is 2. The van der Waals surface area contributed by atoms with E-state index in [0.717, 1.165) is 49.0 Å². The van der Waals surface area contributed by atoms with Gasteiger partial charge in [0, 0.05) is 24.2 Å². The standard InChI is InChI=1S/C18H18N4/c1-5-15(17-19-9-10-20-17)6-2-13(1)14-3-7-16(8-4-14)18-21-11-12-22-18/h1-8H,9-12H2,(H,19,20)(H,21,22). The number of hydrogen-bond acceptors (Lipinski definition) is 4. The van der Waals surface area contributed by atoms with E-state index in [4.69, 9.17) is 0 Å². The topological polar surface area (TPSA) is 48.8 Å². The fourth-order valence-electron chi connectivity index (χ4n) is 2.82. The number of nitrogens with one attached hydrogen (secondary N) is 2. The summed E-state index contributed by atoms with van der Waals surface area (Å²) in [7, 11) is 0. The second-order valence-corrected chi connectivity index (χ2v) is 5.47. The fourth-order valence-corrected chi connectivity index (χ4v) is 2.82. The average Bonchev–Trinajstić information content (AvgIpc) is 3.29. The lowest BCUT2D eigenvalue weighted by atomic mass is 10.0. The van der Waals surface area contributed by atoms with E-state index in [0.29, 0.717) is 0 Å². The molecular formula is C18H18N4. The Morgan fingerprint density at radius 1 is 0.545 bits per heavy atom. The normalized spacial score (nSPS) is 16.7. The molecule has 0 aliphatic carbocycles. The van der Waals surface area contributed by atoms with Gasteiger partial charge in [0.2, 0.25) is 0 Å². The van der Waals surface area contributed by atoms with Gasteiger partial charge in [0.25, 0.3) is 0 Å². The summed E-state index contributed by atoms with van der Waals surface area (Å²) < 4.78 is 0. The van der Waals surface area contributed by atoms with Crippen LogP contribution in [-0.4, -0.2) is 37.9 Å². The summed E-state index contributed by atoms with van der Waals surface area (Å²) in [6, 6.07) is 17.1. The minimum Gasteiger partial charge on any atom is -0.368 e. The Morgan fingerprint density at radius 3 is 1.23 bits per heavy atom. The third kappa shape index (κ3) is 2.48. The van der Waals surface area contributed by atoms with Crippen molar-refractivity contribution in [2.45, 2.75) is 0 Å². The van der Waals surface area contributed by atoms with Gasteiger partial charge in [-0.15, -0.1) is 0 Å². The molecule has 0 bridgehead atoms. The highest BCUT2D eigenvalue weighted by Crippen LogP contribution is 2.21. The van der Waals surface area contributed by atoms with E-state index >= 15 is 0 Å². The van der Waals surface area contributed by atoms with E-state index in [1.165, 1.54) is 11.1 Å². The van der Waals surface area contributed by atoms with Gasteiger partial charge in [0.1, 0.15) is 11.7 Å². The molecule has 4 nitrogen and oxygen atoms in total. The van der Waals surface area contributed by atoms with Crippen molar-refractivity contribution in [3.63, 3.8) is 0 Å². The van der Waals surface area contributed by atoms with Gasteiger partial charge in [0.05, 0.1) is 13.1 Å². The van der Waals surface area contributed by atoms with E-state index in [9.17, 15) is 0 Å². The van der Waals surface area contributed by atoms with E-state index in [2.05, 4.69) is 69.1 Å². The maximum atomic E-state index is 4.45. The molecule has 0 unspecified atom stereocenters. The van der Waals surface area contributed by atoms with Crippen molar-refractivity contribution in [2.75, 3.05) is 26.2 Å². The Kier molecular flexibility index (Phi) is 3.35. The summed E-state index contributed by atoms with van der Waals surface area (Å²) in [5.41, 5.74) is 4.75. The first kappa shape index (κ1) is 13.1. The molecule has 2 aliphatic rings. The molecule has 0 spiro atoms. The quantitative estimate of drug-likeness (QED) is 0.909. The SMILES string of the molecule is c1cc(-c2ccc(C3=NCCN3)cc2)ccc1C1=NCCN1. The van der Waals surface area contributed by atoms with E-state index in [-0.39, 0.29) is 0 Å². The average molecular weight is 290 g/mol. The lowest BCUT2D eigenvalue weighted by Crippen LogP contribution is -2.19. The second kappa shape index (κ2) is 5.64. The van der Waals surface area contributed by atoms with Gasteiger partial charge in [-0.2, -0.15) is 0 Å². The fraction of sp³-hybridized carbons (Fsp3) is 0.222. The van der Waals surface area contributed by atoms with Crippen LogP contribution in [0.4, 0.5) is 0 Å². The predicted octanol–water partition coefficient (Wildman–Crippen LogP) is 2.05. The van der Waals surface area contributed by atoms with Crippen molar-refractivity contribution in [2.24, 2.45) is 9.98 Å². The predicted molar refractivity (Wildman–Crippen MR) is 90.7 cm³/mol. The highest BCUT2D eigenvalue weighted by molar-refractivity contribution is 6.01. The second-order valence-electron chi connectivity index (χ2n) is 5.47. The molecule has 0 saturated heterocycles. The molecule has 2 heterocycles. The molecule has 0 saturated carbocycles. The van der Waals surface area contributed by atoms with Crippen LogP contribution in [-0.2, 0) is 0 Å². The van der Waals surface area contributed by atoms with Gasteiger partial charge in [-0.05, 0) is 11.1 Å². The number of rotatable bonds is 3. The van der Waals surface area contributed by atoms with Crippen molar-refractivity contribution in [3.05, 3.63) is 59.7 Å².